The van der Waals surface area contributed by atoms with Crippen molar-refractivity contribution in [1.82, 2.24) is 15.1 Å². The summed E-state index contributed by atoms with van der Waals surface area (Å²) in [6.45, 7) is 3.77. The maximum Gasteiger partial charge on any atom is 0.300 e. The van der Waals surface area contributed by atoms with E-state index in [-0.39, 0.29) is 50.4 Å². The summed E-state index contributed by atoms with van der Waals surface area (Å²) in [5, 5.41) is 12.9. The van der Waals surface area contributed by atoms with Crippen molar-refractivity contribution in [2.75, 3.05) is 38.0 Å². The Morgan fingerprint density at radius 2 is 1.57 bits per heavy atom. The van der Waals surface area contributed by atoms with Gasteiger partial charge in [-0.2, -0.15) is 0 Å². The molecule has 2 aliphatic heterocycles. The van der Waals surface area contributed by atoms with Gasteiger partial charge in [-0.15, -0.1) is 0 Å². The van der Waals surface area contributed by atoms with Gasteiger partial charge in [-0.05, 0) is 78.9 Å². The fourth-order valence-electron chi connectivity index (χ4n) is 4.08. The Bertz CT molecular complexity index is 1160. The average Bonchev–Trinajstić information content (AvgIpc) is 2.80. The zero-order valence-corrected chi connectivity index (χ0v) is 23.6. The molecule has 0 aromatic heterocycles. The standard InChI is InChI=1S/C23H24F3IN4O2.C2H4O2.3FH/c24-17-6-5-16(22(21(17)26)29-19-7-4-14(27)10-18(19)25)23(33)31-11-15(12-31)28-20(32)13-30-8-2-1-3-9-30;1-2(3)4;;;/h4-7,10,15,29H,1-3,8-9,11-13H2,(H,28,32);1H3,(H,3,4);3*1H. The van der Waals surface area contributed by atoms with Gasteiger partial charge in [0.15, 0.2) is 11.6 Å². The fourth-order valence-corrected chi connectivity index (χ4v) is 4.53. The van der Waals surface area contributed by atoms with Gasteiger partial charge in [0, 0.05) is 23.6 Å². The van der Waals surface area contributed by atoms with Crippen LogP contribution in [0.1, 0.15) is 36.5 Å². The first-order valence-corrected chi connectivity index (χ1v) is 12.8. The van der Waals surface area contributed by atoms with E-state index in [0.717, 1.165) is 38.9 Å². The third-order valence-corrected chi connectivity index (χ3v) is 6.54. The van der Waals surface area contributed by atoms with Crippen LogP contribution in [0.25, 0.3) is 0 Å². The summed E-state index contributed by atoms with van der Waals surface area (Å²) in [4.78, 5) is 37.8. The third-order valence-electron chi connectivity index (χ3n) is 5.87. The Morgan fingerprint density at radius 1 is 0.975 bits per heavy atom. The number of hydrogen-bond donors (Lipinski definition) is 3. The molecule has 3 N–H and O–H groups in total. The molecule has 224 valence electrons. The van der Waals surface area contributed by atoms with Gasteiger partial charge in [0.05, 0.1) is 29.5 Å². The monoisotopic (exact) mass is 692 g/mol. The number of halogens is 7. The summed E-state index contributed by atoms with van der Waals surface area (Å²) in [7, 11) is 0. The number of rotatable bonds is 6. The molecule has 0 atom stereocenters. The number of aliphatic carboxylic acids is 1. The molecule has 0 saturated carbocycles. The molecule has 2 aliphatic rings. The van der Waals surface area contributed by atoms with E-state index in [1.54, 1.807) is 6.07 Å². The van der Waals surface area contributed by atoms with Crippen molar-refractivity contribution in [3.8, 4) is 0 Å². The highest BCUT2D eigenvalue weighted by atomic mass is 127. The number of carboxylic acids is 1. The number of piperidine rings is 1. The van der Waals surface area contributed by atoms with Crippen molar-refractivity contribution in [3.63, 3.8) is 0 Å². The van der Waals surface area contributed by atoms with E-state index in [1.165, 1.54) is 29.5 Å². The Morgan fingerprint density at radius 3 is 2.15 bits per heavy atom. The Kier molecular flexibility index (Phi) is 15.6. The normalized spacial score (nSPS) is 14.6. The number of likely N-dealkylation sites (tertiary alicyclic amines) is 2. The molecule has 2 aromatic carbocycles. The highest BCUT2D eigenvalue weighted by Crippen LogP contribution is 2.30. The minimum Gasteiger partial charge on any atom is -0.481 e. The molecule has 0 aliphatic carbocycles. The molecular formula is C25H31F6IN4O4. The van der Waals surface area contributed by atoms with Crippen LogP contribution in [-0.4, -0.2) is 71.5 Å². The lowest BCUT2D eigenvalue weighted by atomic mass is 10.0. The topological polar surface area (TPSA) is 102 Å². The van der Waals surface area contributed by atoms with E-state index in [9.17, 15) is 22.8 Å². The molecule has 0 bridgehead atoms. The number of nitrogens with one attached hydrogen (secondary N) is 2. The van der Waals surface area contributed by atoms with E-state index in [4.69, 9.17) is 9.90 Å². The van der Waals surface area contributed by atoms with Crippen LogP contribution in [-0.2, 0) is 9.59 Å². The molecule has 40 heavy (non-hydrogen) atoms. The minimum atomic E-state index is -1.26. The number of carbonyl (C=O) groups is 3. The first kappa shape index (κ1) is 36.9. The largest absolute Gasteiger partial charge is 0.481 e. The molecule has 2 heterocycles. The Balaban J connectivity index is 0.00000204. The maximum atomic E-state index is 14.6. The fraction of sp³-hybridized carbons (Fsp3) is 0.400. The second-order valence-corrected chi connectivity index (χ2v) is 10.1. The second kappa shape index (κ2) is 16.9. The van der Waals surface area contributed by atoms with Crippen molar-refractivity contribution in [1.29, 1.82) is 0 Å². The van der Waals surface area contributed by atoms with Crippen molar-refractivity contribution in [2.24, 2.45) is 0 Å². The number of anilines is 2. The van der Waals surface area contributed by atoms with Gasteiger partial charge in [0.1, 0.15) is 5.82 Å². The molecule has 2 saturated heterocycles. The highest BCUT2D eigenvalue weighted by Gasteiger charge is 2.34. The summed E-state index contributed by atoms with van der Waals surface area (Å²) in [5.74, 6) is -4.50. The van der Waals surface area contributed by atoms with Crippen LogP contribution < -0.4 is 10.6 Å². The lowest BCUT2D eigenvalue weighted by molar-refractivity contribution is -0.134. The molecule has 2 aromatic rings. The Hall–Kier alpha value is -3.08. The minimum absolute atomic E-state index is 0. The molecule has 15 heteroatoms. The van der Waals surface area contributed by atoms with Crippen molar-refractivity contribution in [3.05, 3.63) is 56.9 Å². The van der Waals surface area contributed by atoms with Crippen molar-refractivity contribution < 1.29 is 46.8 Å². The first-order chi connectivity index (χ1) is 17.5. The van der Waals surface area contributed by atoms with Gasteiger partial charge in [0.2, 0.25) is 5.91 Å². The zero-order valence-electron chi connectivity index (χ0n) is 21.4. The van der Waals surface area contributed by atoms with Gasteiger partial charge >= 0.3 is 0 Å². The average molecular weight is 692 g/mol. The van der Waals surface area contributed by atoms with Gasteiger partial charge in [-0.1, -0.05) is 6.42 Å². The van der Waals surface area contributed by atoms with E-state index in [0.29, 0.717) is 10.1 Å². The molecule has 2 fully saturated rings. The molecule has 0 unspecified atom stereocenters. The van der Waals surface area contributed by atoms with E-state index in [2.05, 4.69) is 15.5 Å². The molecule has 8 nitrogen and oxygen atoms in total. The van der Waals surface area contributed by atoms with Crippen LogP contribution in [0.4, 0.5) is 38.7 Å². The number of amides is 2. The van der Waals surface area contributed by atoms with E-state index >= 15 is 0 Å². The van der Waals surface area contributed by atoms with Gasteiger partial charge in [-0.25, -0.2) is 13.2 Å². The quantitative estimate of drug-likeness (QED) is 0.306. The predicted molar refractivity (Wildman–Crippen MR) is 148 cm³/mol. The first-order valence-electron chi connectivity index (χ1n) is 11.8. The van der Waals surface area contributed by atoms with E-state index < -0.39 is 35.0 Å². The van der Waals surface area contributed by atoms with Crippen molar-refractivity contribution in [2.45, 2.75) is 32.2 Å². The number of carboxylic acid groups (broad SMARTS) is 1. The van der Waals surface area contributed by atoms with Crippen LogP contribution in [0.5, 0.6) is 0 Å². The molecule has 0 spiro atoms. The van der Waals surface area contributed by atoms with Crippen LogP contribution >= 0.6 is 22.6 Å². The molecule has 0 radical (unpaired) electrons. The summed E-state index contributed by atoms with van der Waals surface area (Å²) in [5.41, 5.74) is -0.594. The molecular weight excluding hydrogens is 661 g/mol. The number of hydrogen-bond acceptors (Lipinski definition) is 5. The smallest absolute Gasteiger partial charge is 0.300 e. The van der Waals surface area contributed by atoms with E-state index in [1.807, 2.05) is 22.6 Å². The summed E-state index contributed by atoms with van der Waals surface area (Å²) < 4.78 is 43.4. The summed E-state index contributed by atoms with van der Waals surface area (Å²) in [6.07, 6.45) is 3.38. The second-order valence-electron chi connectivity index (χ2n) is 8.86. The van der Waals surface area contributed by atoms with Gasteiger partial charge < -0.3 is 20.6 Å². The highest BCUT2D eigenvalue weighted by molar-refractivity contribution is 14.1. The number of carbonyl (C=O) groups excluding carboxylic acids is 2. The van der Waals surface area contributed by atoms with Gasteiger partial charge in [-0.3, -0.25) is 33.4 Å². The summed E-state index contributed by atoms with van der Waals surface area (Å²) >= 11 is 1.93. The lowest BCUT2D eigenvalue weighted by Crippen LogP contribution is -2.62. The summed E-state index contributed by atoms with van der Waals surface area (Å²) in [6, 6.07) is 6.10. The molecule has 4 rings (SSSR count). The third kappa shape index (κ3) is 10.1. The van der Waals surface area contributed by atoms with Crippen LogP contribution in [0, 0.1) is 21.0 Å². The molecule has 2 amide bonds. The predicted octanol–water partition coefficient (Wildman–Crippen LogP) is 4.43. The van der Waals surface area contributed by atoms with Crippen LogP contribution in [0.2, 0.25) is 0 Å². The Labute approximate surface area is 240 Å². The lowest BCUT2D eigenvalue weighted by Gasteiger charge is -2.40. The number of benzene rings is 2. The van der Waals surface area contributed by atoms with Crippen LogP contribution in [0.3, 0.4) is 0 Å². The van der Waals surface area contributed by atoms with Crippen LogP contribution in [0.15, 0.2) is 30.3 Å². The SMILES string of the molecule is CC(=O)O.F.F.F.O=C(CN1CCCCC1)NC1CN(C(=O)c2ccc(F)c(F)c2Nc2ccc(I)cc2F)C1. The number of nitrogens with zero attached hydrogens (tertiary/aromatic N) is 2. The van der Waals surface area contributed by atoms with Crippen molar-refractivity contribution >= 4 is 51.7 Å². The zero-order chi connectivity index (χ0) is 27.1. The maximum absolute atomic E-state index is 14.6. The van der Waals surface area contributed by atoms with Gasteiger partial charge in [0.25, 0.3) is 11.9 Å².